The van der Waals surface area contributed by atoms with E-state index in [1.54, 1.807) is 0 Å². The minimum absolute atomic E-state index is 0.706. The van der Waals surface area contributed by atoms with Gasteiger partial charge in [0.05, 0.1) is 22.7 Å². The molecule has 3 rings (SSSR count). The number of hydrogen-bond donors (Lipinski definition) is 3. The third-order valence-electron chi connectivity index (χ3n) is 3.26. The van der Waals surface area contributed by atoms with Crippen LogP contribution < -0.4 is 16.4 Å². The van der Waals surface area contributed by atoms with Crippen molar-refractivity contribution in [2.75, 3.05) is 16.4 Å². The SMILES string of the molecule is Nc1ccc(Br)cc1Nc1ccccc1Nc1ccccc1. The number of nitrogens with one attached hydrogen (secondary N) is 2. The molecular formula is C18H16BrN3. The van der Waals surface area contributed by atoms with Gasteiger partial charge in [-0.15, -0.1) is 0 Å². The van der Waals surface area contributed by atoms with E-state index in [4.69, 9.17) is 5.73 Å². The van der Waals surface area contributed by atoms with E-state index < -0.39 is 0 Å². The summed E-state index contributed by atoms with van der Waals surface area (Å²) in [5.74, 6) is 0. The number of para-hydroxylation sites is 3. The molecule has 4 heteroatoms. The number of nitrogen functional groups attached to an aromatic ring is 1. The summed E-state index contributed by atoms with van der Waals surface area (Å²) in [7, 11) is 0. The van der Waals surface area contributed by atoms with Crippen molar-refractivity contribution in [3.05, 3.63) is 77.3 Å². The highest BCUT2D eigenvalue weighted by atomic mass is 79.9. The zero-order valence-electron chi connectivity index (χ0n) is 11.9. The lowest BCUT2D eigenvalue weighted by Gasteiger charge is -2.15. The van der Waals surface area contributed by atoms with E-state index in [2.05, 4.69) is 26.6 Å². The average Bonchev–Trinajstić information content (AvgIpc) is 2.54. The van der Waals surface area contributed by atoms with E-state index in [1.165, 1.54) is 0 Å². The van der Waals surface area contributed by atoms with Gasteiger partial charge in [-0.25, -0.2) is 0 Å². The molecule has 0 amide bonds. The van der Waals surface area contributed by atoms with Gasteiger partial charge in [0.25, 0.3) is 0 Å². The molecule has 110 valence electrons. The minimum Gasteiger partial charge on any atom is -0.397 e. The smallest absolute Gasteiger partial charge is 0.0629 e. The molecule has 3 nitrogen and oxygen atoms in total. The molecule has 0 fully saturated rings. The Balaban J connectivity index is 1.90. The van der Waals surface area contributed by atoms with E-state index in [9.17, 15) is 0 Å². The molecule has 0 aliphatic carbocycles. The molecule has 4 N–H and O–H groups in total. The Kier molecular flexibility index (Phi) is 4.30. The van der Waals surface area contributed by atoms with Crippen LogP contribution in [-0.4, -0.2) is 0 Å². The van der Waals surface area contributed by atoms with Gasteiger partial charge >= 0.3 is 0 Å². The van der Waals surface area contributed by atoms with Crippen LogP contribution in [0.5, 0.6) is 0 Å². The molecule has 0 saturated heterocycles. The first kappa shape index (κ1) is 14.5. The van der Waals surface area contributed by atoms with Crippen molar-refractivity contribution in [1.82, 2.24) is 0 Å². The van der Waals surface area contributed by atoms with Crippen molar-refractivity contribution in [3.8, 4) is 0 Å². The van der Waals surface area contributed by atoms with Crippen molar-refractivity contribution in [2.45, 2.75) is 0 Å². The second-order valence-electron chi connectivity index (χ2n) is 4.89. The quantitative estimate of drug-likeness (QED) is 0.541. The van der Waals surface area contributed by atoms with Crippen LogP contribution in [-0.2, 0) is 0 Å². The normalized spacial score (nSPS) is 10.2. The van der Waals surface area contributed by atoms with Gasteiger partial charge < -0.3 is 16.4 Å². The Bertz CT molecular complexity index is 772. The summed E-state index contributed by atoms with van der Waals surface area (Å²) >= 11 is 3.47. The summed E-state index contributed by atoms with van der Waals surface area (Å²) in [6.07, 6.45) is 0. The average molecular weight is 354 g/mol. The standard InChI is InChI=1S/C18H16BrN3/c19-13-10-11-15(20)18(12-13)22-17-9-5-4-8-16(17)21-14-6-2-1-3-7-14/h1-12,21-22H,20H2. The molecule has 0 saturated carbocycles. The Labute approximate surface area is 138 Å². The van der Waals surface area contributed by atoms with Crippen LogP contribution in [0, 0.1) is 0 Å². The van der Waals surface area contributed by atoms with Crippen molar-refractivity contribution < 1.29 is 0 Å². The Morgan fingerprint density at radius 3 is 2.05 bits per heavy atom. The maximum Gasteiger partial charge on any atom is 0.0629 e. The number of nitrogens with two attached hydrogens (primary N) is 1. The first-order valence-electron chi connectivity index (χ1n) is 6.95. The Morgan fingerprint density at radius 1 is 0.682 bits per heavy atom. The molecule has 0 aromatic heterocycles. The molecule has 0 bridgehead atoms. The second-order valence-corrected chi connectivity index (χ2v) is 5.81. The molecule has 0 aliphatic heterocycles. The number of halogens is 1. The first-order chi connectivity index (χ1) is 10.7. The van der Waals surface area contributed by atoms with Crippen LogP contribution in [0.3, 0.4) is 0 Å². The molecular weight excluding hydrogens is 338 g/mol. The van der Waals surface area contributed by atoms with E-state index in [-0.39, 0.29) is 0 Å². The highest BCUT2D eigenvalue weighted by Gasteiger charge is 2.05. The molecule has 3 aromatic rings. The second kappa shape index (κ2) is 6.54. The zero-order chi connectivity index (χ0) is 15.4. The summed E-state index contributed by atoms with van der Waals surface area (Å²) in [6, 6.07) is 23.9. The molecule has 0 spiro atoms. The van der Waals surface area contributed by atoms with Crippen LogP contribution in [0.4, 0.5) is 28.4 Å². The van der Waals surface area contributed by atoms with E-state index in [0.717, 1.165) is 27.2 Å². The van der Waals surface area contributed by atoms with Gasteiger partial charge in [-0.05, 0) is 42.5 Å². The maximum absolute atomic E-state index is 6.04. The molecule has 0 radical (unpaired) electrons. The van der Waals surface area contributed by atoms with Crippen molar-refractivity contribution in [2.24, 2.45) is 0 Å². The Hall–Kier alpha value is -2.46. The number of anilines is 5. The van der Waals surface area contributed by atoms with Gasteiger partial charge in [0.2, 0.25) is 0 Å². The van der Waals surface area contributed by atoms with Gasteiger partial charge in [0.1, 0.15) is 0 Å². The number of benzene rings is 3. The molecule has 0 atom stereocenters. The third-order valence-corrected chi connectivity index (χ3v) is 3.76. The van der Waals surface area contributed by atoms with E-state index in [1.807, 2.05) is 72.8 Å². The summed E-state index contributed by atoms with van der Waals surface area (Å²) in [5.41, 5.74) is 10.6. The number of rotatable bonds is 4. The lowest BCUT2D eigenvalue weighted by molar-refractivity contribution is 1.49. The maximum atomic E-state index is 6.04. The lowest BCUT2D eigenvalue weighted by Crippen LogP contribution is -2.00. The van der Waals surface area contributed by atoms with Gasteiger partial charge in [-0.2, -0.15) is 0 Å². The predicted molar refractivity (Wildman–Crippen MR) is 98.0 cm³/mol. The van der Waals surface area contributed by atoms with Crippen molar-refractivity contribution >= 4 is 44.4 Å². The molecule has 0 heterocycles. The van der Waals surface area contributed by atoms with Gasteiger partial charge in [0, 0.05) is 10.2 Å². The predicted octanol–water partition coefficient (Wildman–Crippen LogP) is 5.52. The summed E-state index contributed by atoms with van der Waals surface area (Å²) < 4.78 is 0.984. The van der Waals surface area contributed by atoms with Crippen LogP contribution in [0.1, 0.15) is 0 Å². The first-order valence-corrected chi connectivity index (χ1v) is 7.75. The largest absolute Gasteiger partial charge is 0.397 e. The highest BCUT2D eigenvalue weighted by molar-refractivity contribution is 9.10. The van der Waals surface area contributed by atoms with Crippen LogP contribution in [0.15, 0.2) is 77.3 Å². The summed E-state index contributed by atoms with van der Waals surface area (Å²) in [4.78, 5) is 0. The lowest BCUT2D eigenvalue weighted by atomic mass is 10.2. The van der Waals surface area contributed by atoms with Gasteiger partial charge in [0.15, 0.2) is 0 Å². The zero-order valence-corrected chi connectivity index (χ0v) is 13.5. The fraction of sp³-hybridized carbons (Fsp3) is 0. The topological polar surface area (TPSA) is 50.1 Å². The molecule has 0 aliphatic rings. The molecule has 3 aromatic carbocycles. The summed E-state index contributed by atoms with van der Waals surface area (Å²) in [6.45, 7) is 0. The third kappa shape index (κ3) is 3.40. The fourth-order valence-corrected chi connectivity index (χ4v) is 2.52. The Morgan fingerprint density at radius 2 is 1.32 bits per heavy atom. The molecule has 0 unspecified atom stereocenters. The van der Waals surface area contributed by atoms with Crippen LogP contribution >= 0.6 is 15.9 Å². The van der Waals surface area contributed by atoms with Gasteiger partial charge in [-0.3, -0.25) is 0 Å². The van der Waals surface area contributed by atoms with Crippen molar-refractivity contribution in [1.29, 1.82) is 0 Å². The monoisotopic (exact) mass is 353 g/mol. The van der Waals surface area contributed by atoms with Crippen LogP contribution in [0.2, 0.25) is 0 Å². The van der Waals surface area contributed by atoms with Crippen LogP contribution in [0.25, 0.3) is 0 Å². The summed E-state index contributed by atoms with van der Waals surface area (Å²) in [5, 5.41) is 6.80. The highest BCUT2D eigenvalue weighted by Crippen LogP contribution is 2.31. The molecule has 22 heavy (non-hydrogen) atoms. The minimum atomic E-state index is 0.706. The van der Waals surface area contributed by atoms with E-state index in [0.29, 0.717) is 5.69 Å². The fourth-order valence-electron chi connectivity index (χ4n) is 2.16. The number of hydrogen-bond acceptors (Lipinski definition) is 3. The van der Waals surface area contributed by atoms with Crippen molar-refractivity contribution in [3.63, 3.8) is 0 Å². The van der Waals surface area contributed by atoms with Gasteiger partial charge in [-0.1, -0.05) is 46.3 Å². The van der Waals surface area contributed by atoms with E-state index >= 15 is 0 Å².